The van der Waals surface area contributed by atoms with Gasteiger partial charge in [-0.1, -0.05) is 55.5 Å². The summed E-state index contributed by atoms with van der Waals surface area (Å²) in [6.07, 6.45) is 1.88. The molecule has 1 spiro atoms. The first-order valence-electron chi connectivity index (χ1n) is 15.2. The Morgan fingerprint density at radius 2 is 1.88 bits per heavy atom. The van der Waals surface area contributed by atoms with Gasteiger partial charge >= 0.3 is 0 Å². The lowest BCUT2D eigenvalue weighted by Gasteiger charge is -2.37. The molecule has 0 bridgehead atoms. The average Bonchev–Trinajstić information content (AvgIpc) is 3.71. The van der Waals surface area contributed by atoms with Gasteiger partial charge in [-0.15, -0.1) is 0 Å². The topological polar surface area (TPSA) is 100 Å². The molecular weight excluding hydrogens is 558 g/mol. The Balaban J connectivity index is 1.46. The van der Waals surface area contributed by atoms with Crippen molar-refractivity contribution in [1.29, 1.82) is 0 Å². The fourth-order valence-corrected chi connectivity index (χ4v) is 11.7. The van der Waals surface area contributed by atoms with Gasteiger partial charge in [0.15, 0.2) is 5.60 Å². The Kier molecular flexibility index (Phi) is 7.93. The SMILES string of the molecule is COc1ccc([Si](C)(C)[C@@H]2[C@@H](CCO)O[C@]3(C(=O)N(c4ccccc4)c4ccc(NC(=O)[C@H]5CCCN5)cc43)[C@H]2C)cc1. The van der Waals surface area contributed by atoms with E-state index in [4.69, 9.17) is 9.47 Å². The first kappa shape index (κ1) is 29.6. The number of methoxy groups -OCH3 is 1. The highest BCUT2D eigenvalue weighted by molar-refractivity contribution is 6.91. The van der Waals surface area contributed by atoms with E-state index in [9.17, 15) is 14.7 Å². The molecule has 3 aliphatic rings. The molecular formula is C34H41N3O5Si. The Morgan fingerprint density at radius 1 is 1.14 bits per heavy atom. The van der Waals surface area contributed by atoms with Gasteiger partial charge in [-0.3, -0.25) is 14.5 Å². The third kappa shape index (κ3) is 4.88. The van der Waals surface area contributed by atoms with Crippen molar-refractivity contribution in [1.82, 2.24) is 5.32 Å². The minimum Gasteiger partial charge on any atom is -0.497 e. The molecule has 0 aromatic heterocycles. The van der Waals surface area contributed by atoms with Crippen molar-refractivity contribution < 1.29 is 24.2 Å². The molecule has 3 N–H and O–H groups in total. The number of aliphatic hydroxyl groups excluding tert-OH is 1. The second-order valence-electron chi connectivity index (χ2n) is 12.5. The fourth-order valence-electron chi connectivity index (χ4n) is 7.68. The van der Waals surface area contributed by atoms with Crippen molar-refractivity contribution in [3.8, 4) is 5.75 Å². The highest BCUT2D eigenvalue weighted by atomic mass is 28.3. The first-order valence-corrected chi connectivity index (χ1v) is 18.3. The van der Waals surface area contributed by atoms with Crippen LogP contribution in [0.15, 0.2) is 72.8 Å². The lowest BCUT2D eigenvalue weighted by atomic mass is 9.82. The first-order chi connectivity index (χ1) is 20.7. The van der Waals surface area contributed by atoms with E-state index < -0.39 is 13.7 Å². The number of ether oxygens (including phenoxy) is 2. The van der Waals surface area contributed by atoms with Gasteiger partial charge in [0.25, 0.3) is 5.91 Å². The van der Waals surface area contributed by atoms with Gasteiger partial charge in [0.2, 0.25) is 5.91 Å². The quantitative estimate of drug-likeness (QED) is 0.326. The van der Waals surface area contributed by atoms with Gasteiger partial charge in [0, 0.05) is 29.5 Å². The maximum atomic E-state index is 14.8. The van der Waals surface area contributed by atoms with E-state index in [1.54, 1.807) is 12.0 Å². The van der Waals surface area contributed by atoms with E-state index in [-0.39, 0.29) is 42.0 Å². The number of benzene rings is 3. The summed E-state index contributed by atoms with van der Waals surface area (Å²) in [6.45, 7) is 7.57. The number of hydrogen-bond acceptors (Lipinski definition) is 6. The van der Waals surface area contributed by atoms with Gasteiger partial charge in [0.1, 0.15) is 5.75 Å². The summed E-state index contributed by atoms with van der Waals surface area (Å²) in [4.78, 5) is 29.6. The van der Waals surface area contributed by atoms with Crippen molar-refractivity contribution in [3.05, 3.63) is 78.4 Å². The summed E-state index contributed by atoms with van der Waals surface area (Å²) >= 11 is 0. The van der Waals surface area contributed by atoms with Crippen LogP contribution in [0.5, 0.6) is 5.75 Å². The Bertz CT molecular complexity index is 1490. The lowest BCUT2D eigenvalue weighted by molar-refractivity contribution is -0.145. The smallest absolute Gasteiger partial charge is 0.268 e. The highest BCUT2D eigenvalue weighted by Gasteiger charge is 2.66. The van der Waals surface area contributed by atoms with Crippen molar-refractivity contribution >= 4 is 42.1 Å². The predicted octanol–water partition coefficient (Wildman–Crippen LogP) is 4.66. The minimum atomic E-state index is -2.29. The molecule has 3 aliphatic heterocycles. The van der Waals surface area contributed by atoms with E-state index >= 15 is 0 Å². The summed E-state index contributed by atoms with van der Waals surface area (Å²) in [5, 5.41) is 17.8. The third-order valence-electron chi connectivity index (χ3n) is 9.82. The van der Waals surface area contributed by atoms with E-state index in [1.165, 1.54) is 5.19 Å². The van der Waals surface area contributed by atoms with Crippen LogP contribution < -0.4 is 25.5 Å². The van der Waals surface area contributed by atoms with Crippen LogP contribution in [0, 0.1) is 5.92 Å². The molecule has 3 aromatic carbocycles. The zero-order chi connectivity index (χ0) is 30.4. The molecule has 2 saturated heterocycles. The number of nitrogens with one attached hydrogen (secondary N) is 2. The second-order valence-corrected chi connectivity index (χ2v) is 17.2. The molecule has 0 radical (unpaired) electrons. The average molecular weight is 600 g/mol. The number of aliphatic hydroxyl groups is 1. The monoisotopic (exact) mass is 599 g/mol. The molecule has 3 heterocycles. The number of carbonyl (C=O) groups is 2. The number of rotatable bonds is 8. The van der Waals surface area contributed by atoms with Crippen LogP contribution >= 0.6 is 0 Å². The largest absolute Gasteiger partial charge is 0.497 e. The van der Waals surface area contributed by atoms with Crippen molar-refractivity contribution in [2.45, 2.75) is 62.6 Å². The minimum absolute atomic E-state index is 0.0292. The van der Waals surface area contributed by atoms with E-state index in [0.717, 1.165) is 42.1 Å². The molecule has 5 atom stereocenters. The van der Waals surface area contributed by atoms with Crippen molar-refractivity contribution in [3.63, 3.8) is 0 Å². The van der Waals surface area contributed by atoms with Crippen LogP contribution in [0.25, 0.3) is 0 Å². The second kappa shape index (κ2) is 11.5. The van der Waals surface area contributed by atoms with Crippen molar-refractivity contribution in [2.75, 3.05) is 30.5 Å². The van der Waals surface area contributed by atoms with Gasteiger partial charge < -0.3 is 25.2 Å². The molecule has 8 nitrogen and oxygen atoms in total. The van der Waals surface area contributed by atoms with Crippen LogP contribution in [-0.2, 0) is 19.9 Å². The van der Waals surface area contributed by atoms with Crippen LogP contribution in [0.3, 0.4) is 0 Å². The summed E-state index contributed by atoms with van der Waals surface area (Å²) < 4.78 is 12.4. The zero-order valence-electron chi connectivity index (χ0n) is 25.3. The molecule has 43 heavy (non-hydrogen) atoms. The predicted molar refractivity (Wildman–Crippen MR) is 171 cm³/mol. The number of fused-ring (bicyclic) bond motifs is 2. The molecule has 2 fully saturated rings. The molecule has 3 aromatic rings. The third-order valence-corrected chi connectivity index (χ3v) is 14.2. The Hall–Kier alpha value is -3.50. The van der Waals surface area contributed by atoms with Gasteiger partial charge in [-0.05, 0) is 73.8 Å². The molecule has 0 aliphatic carbocycles. The zero-order valence-corrected chi connectivity index (χ0v) is 26.3. The van der Waals surface area contributed by atoms with Gasteiger partial charge in [-0.25, -0.2) is 0 Å². The Morgan fingerprint density at radius 3 is 2.53 bits per heavy atom. The number of carbonyl (C=O) groups excluding carboxylic acids is 2. The normalized spacial score (nSPS) is 26.6. The molecule has 0 saturated carbocycles. The summed E-state index contributed by atoms with van der Waals surface area (Å²) in [5.41, 5.74) is 1.69. The summed E-state index contributed by atoms with van der Waals surface area (Å²) in [7, 11) is -0.628. The lowest BCUT2D eigenvalue weighted by Crippen LogP contribution is -2.51. The van der Waals surface area contributed by atoms with Crippen molar-refractivity contribution in [2.24, 2.45) is 5.92 Å². The van der Waals surface area contributed by atoms with Crippen LogP contribution in [0.1, 0.15) is 31.7 Å². The number of anilines is 3. The maximum Gasteiger partial charge on any atom is 0.268 e. The fraction of sp³-hybridized carbons (Fsp3) is 0.412. The number of hydrogen-bond donors (Lipinski definition) is 3. The molecule has 0 unspecified atom stereocenters. The number of nitrogens with zero attached hydrogens (tertiary/aromatic N) is 1. The van der Waals surface area contributed by atoms with E-state index in [1.807, 2.05) is 60.7 Å². The van der Waals surface area contributed by atoms with Crippen LogP contribution in [0.2, 0.25) is 18.6 Å². The number of amides is 2. The van der Waals surface area contributed by atoms with E-state index in [2.05, 4.69) is 42.8 Å². The Labute approximate surface area is 254 Å². The summed E-state index contributed by atoms with van der Waals surface area (Å²) in [6, 6.07) is 23.4. The standard InChI is InChI=1S/C34H41N3O5Si/c1-22-31(43(3,4)26-15-13-25(41-2)14-16-26)30(18-20-38)42-34(22)27-21-23(36-32(39)28-11-8-19-35-28)12-17-29(27)37(33(34)40)24-9-6-5-7-10-24/h5-7,9-10,12-17,21-22,28,30-31,35,38H,8,11,18-20H2,1-4H3,(H,36,39)/t22-,28+,30+,31-,34+/m0/s1. The van der Waals surface area contributed by atoms with Crippen LogP contribution in [0.4, 0.5) is 17.1 Å². The maximum absolute atomic E-state index is 14.8. The van der Waals surface area contributed by atoms with Crippen LogP contribution in [-0.4, -0.2) is 57.4 Å². The molecule has 6 rings (SSSR count). The number of para-hydroxylation sites is 1. The summed E-state index contributed by atoms with van der Waals surface area (Å²) in [5.74, 6) is 0.399. The van der Waals surface area contributed by atoms with Gasteiger partial charge in [-0.2, -0.15) is 0 Å². The molecule has 9 heteroatoms. The van der Waals surface area contributed by atoms with E-state index in [0.29, 0.717) is 12.1 Å². The molecule has 2 amide bonds. The molecule has 226 valence electrons. The van der Waals surface area contributed by atoms with Gasteiger partial charge in [0.05, 0.1) is 33.0 Å². The highest BCUT2D eigenvalue weighted by Crippen LogP contribution is 2.61.